The molecule has 142 valence electrons. The zero-order valence-electron chi connectivity index (χ0n) is 15.7. The molecule has 5 rings (SSSR count). The topological polar surface area (TPSA) is 42.2 Å². The van der Waals surface area contributed by atoms with Crippen LogP contribution < -0.4 is 5.32 Å². The predicted octanol–water partition coefficient (Wildman–Crippen LogP) is 6.61. The molecule has 1 heterocycles. The van der Waals surface area contributed by atoms with Crippen LogP contribution in [0.15, 0.2) is 89.3 Å². The first-order valence-electron chi connectivity index (χ1n) is 9.53. The van der Waals surface area contributed by atoms with E-state index in [9.17, 15) is 4.79 Å². The molecule has 0 atom stereocenters. The standard InChI is InChI=1S/C25H19NO2S/c27-25(16-29-15-18-8-5-7-17-6-1-2-9-20(17)18)26-19-12-13-22-21-10-3-4-11-23(21)28-24(22)14-19/h1-14H,15-16H2,(H,26,27). The summed E-state index contributed by atoms with van der Waals surface area (Å²) in [4.78, 5) is 12.4. The van der Waals surface area contributed by atoms with Gasteiger partial charge in [0.1, 0.15) is 11.2 Å². The van der Waals surface area contributed by atoms with Crippen molar-refractivity contribution in [3.8, 4) is 0 Å². The van der Waals surface area contributed by atoms with E-state index in [2.05, 4.69) is 41.7 Å². The number of nitrogens with one attached hydrogen (secondary N) is 1. The first kappa shape index (κ1) is 17.8. The maximum absolute atomic E-state index is 12.4. The molecule has 0 aliphatic carbocycles. The molecule has 4 aromatic carbocycles. The Hall–Kier alpha value is -3.24. The molecule has 0 unspecified atom stereocenters. The summed E-state index contributed by atoms with van der Waals surface area (Å²) in [5, 5.41) is 7.61. The molecule has 0 saturated heterocycles. The van der Waals surface area contributed by atoms with E-state index >= 15 is 0 Å². The van der Waals surface area contributed by atoms with Crippen LogP contribution in [0.5, 0.6) is 0 Å². The summed E-state index contributed by atoms with van der Waals surface area (Å²) in [6, 6.07) is 28.4. The quantitative estimate of drug-likeness (QED) is 0.363. The number of benzene rings is 4. The lowest BCUT2D eigenvalue weighted by atomic mass is 10.1. The monoisotopic (exact) mass is 397 g/mol. The highest BCUT2D eigenvalue weighted by Gasteiger charge is 2.09. The number of carbonyl (C=O) groups excluding carboxylic acids is 1. The first-order valence-corrected chi connectivity index (χ1v) is 10.7. The number of hydrogen-bond donors (Lipinski definition) is 1. The van der Waals surface area contributed by atoms with E-state index in [4.69, 9.17) is 4.42 Å². The van der Waals surface area contributed by atoms with Crippen molar-refractivity contribution in [2.45, 2.75) is 5.75 Å². The van der Waals surface area contributed by atoms with Gasteiger partial charge in [-0.1, -0.05) is 60.7 Å². The summed E-state index contributed by atoms with van der Waals surface area (Å²) in [6.45, 7) is 0. The fourth-order valence-corrected chi connectivity index (χ4v) is 4.50. The van der Waals surface area contributed by atoms with Crippen molar-refractivity contribution in [2.75, 3.05) is 11.1 Å². The van der Waals surface area contributed by atoms with Gasteiger partial charge in [0.2, 0.25) is 5.91 Å². The SMILES string of the molecule is O=C(CSCc1cccc2ccccc12)Nc1ccc2c(c1)oc1ccccc12. The van der Waals surface area contributed by atoms with Crippen LogP contribution in [0.25, 0.3) is 32.7 Å². The van der Waals surface area contributed by atoms with Gasteiger partial charge in [0.05, 0.1) is 5.75 Å². The lowest BCUT2D eigenvalue weighted by Gasteiger charge is -2.07. The molecule has 0 aliphatic rings. The molecule has 0 bridgehead atoms. The van der Waals surface area contributed by atoms with E-state index in [1.165, 1.54) is 16.3 Å². The van der Waals surface area contributed by atoms with Crippen molar-refractivity contribution in [3.63, 3.8) is 0 Å². The molecule has 5 aromatic rings. The Bertz CT molecular complexity index is 1330. The van der Waals surface area contributed by atoms with Crippen molar-refractivity contribution in [1.82, 2.24) is 0 Å². The van der Waals surface area contributed by atoms with Gasteiger partial charge in [-0.25, -0.2) is 0 Å². The highest BCUT2D eigenvalue weighted by Crippen LogP contribution is 2.30. The number of hydrogen-bond acceptors (Lipinski definition) is 3. The molecule has 4 heteroatoms. The Morgan fingerprint density at radius 2 is 1.55 bits per heavy atom. The summed E-state index contributed by atoms with van der Waals surface area (Å²) in [5.74, 6) is 1.20. The summed E-state index contributed by atoms with van der Waals surface area (Å²) < 4.78 is 5.90. The Labute approximate surface area is 172 Å². The molecule has 0 saturated carbocycles. The minimum Gasteiger partial charge on any atom is -0.456 e. The fraction of sp³-hybridized carbons (Fsp3) is 0.0800. The molecule has 29 heavy (non-hydrogen) atoms. The normalized spacial score (nSPS) is 11.3. The largest absolute Gasteiger partial charge is 0.456 e. The van der Waals surface area contributed by atoms with Gasteiger partial charge in [-0.2, -0.15) is 0 Å². The van der Waals surface area contributed by atoms with Gasteiger partial charge in [-0.05, 0) is 34.5 Å². The smallest absolute Gasteiger partial charge is 0.234 e. The van der Waals surface area contributed by atoms with Crippen LogP contribution in [0.2, 0.25) is 0 Å². The van der Waals surface area contributed by atoms with Crippen LogP contribution in [0.4, 0.5) is 5.69 Å². The van der Waals surface area contributed by atoms with E-state index in [-0.39, 0.29) is 5.91 Å². The Morgan fingerprint density at radius 1 is 0.793 bits per heavy atom. The molecule has 1 N–H and O–H groups in total. The maximum Gasteiger partial charge on any atom is 0.234 e. The zero-order valence-corrected chi connectivity index (χ0v) is 16.5. The van der Waals surface area contributed by atoms with Crippen molar-refractivity contribution >= 4 is 56.1 Å². The minimum atomic E-state index is -0.00861. The molecular weight excluding hydrogens is 378 g/mol. The third kappa shape index (κ3) is 3.59. The molecule has 0 radical (unpaired) electrons. The number of amides is 1. The van der Waals surface area contributed by atoms with Gasteiger partial charge in [0, 0.05) is 28.3 Å². The summed E-state index contributed by atoms with van der Waals surface area (Å²) in [6.07, 6.45) is 0. The number of fused-ring (bicyclic) bond motifs is 4. The van der Waals surface area contributed by atoms with Crippen molar-refractivity contribution in [1.29, 1.82) is 0 Å². The van der Waals surface area contributed by atoms with Crippen LogP contribution in [0.3, 0.4) is 0 Å². The lowest BCUT2D eigenvalue weighted by Crippen LogP contribution is -2.14. The molecule has 0 fully saturated rings. The minimum absolute atomic E-state index is 0.00861. The summed E-state index contributed by atoms with van der Waals surface area (Å²) in [5.41, 5.74) is 3.65. The zero-order chi connectivity index (χ0) is 19.6. The number of rotatable bonds is 5. The predicted molar refractivity (Wildman–Crippen MR) is 122 cm³/mol. The molecule has 0 aliphatic heterocycles. The van der Waals surface area contributed by atoms with Gasteiger partial charge >= 0.3 is 0 Å². The van der Waals surface area contributed by atoms with Gasteiger partial charge in [0.25, 0.3) is 0 Å². The van der Waals surface area contributed by atoms with Gasteiger partial charge < -0.3 is 9.73 Å². The molecular formula is C25H19NO2S. The second-order valence-corrected chi connectivity index (χ2v) is 7.97. The Kier molecular flexibility index (Phi) is 4.70. The average Bonchev–Trinajstić information content (AvgIpc) is 3.11. The number of furan rings is 1. The number of carbonyl (C=O) groups is 1. The first-order chi connectivity index (χ1) is 14.3. The van der Waals surface area contributed by atoms with E-state index in [1.807, 2.05) is 48.5 Å². The van der Waals surface area contributed by atoms with E-state index < -0.39 is 0 Å². The Morgan fingerprint density at radius 3 is 2.48 bits per heavy atom. The third-order valence-electron chi connectivity index (χ3n) is 5.03. The Balaban J connectivity index is 1.25. The third-order valence-corrected chi connectivity index (χ3v) is 6.01. The maximum atomic E-state index is 12.4. The van der Waals surface area contributed by atoms with Crippen molar-refractivity contribution in [3.05, 3.63) is 90.5 Å². The highest BCUT2D eigenvalue weighted by molar-refractivity contribution is 7.99. The molecule has 3 nitrogen and oxygen atoms in total. The molecule has 1 amide bonds. The summed E-state index contributed by atoms with van der Waals surface area (Å²) in [7, 11) is 0. The average molecular weight is 397 g/mol. The van der Waals surface area contributed by atoms with E-state index in [0.29, 0.717) is 5.75 Å². The van der Waals surface area contributed by atoms with Gasteiger partial charge in [0.15, 0.2) is 0 Å². The molecule has 1 aromatic heterocycles. The van der Waals surface area contributed by atoms with Crippen molar-refractivity contribution < 1.29 is 9.21 Å². The number of para-hydroxylation sites is 1. The van der Waals surface area contributed by atoms with E-state index in [0.717, 1.165) is 33.4 Å². The van der Waals surface area contributed by atoms with Crippen LogP contribution in [-0.2, 0) is 10.5 Å². The van der Waals surface area contributed by atoms with Gasteiger partial charge in [-0.15, -0.1) is 11.8 Å². The number of anilines is 1. The lowest BCUT2D eigenvalue weighted by molar-refractivity contribution is -0.113. The second-order valence-electron chi connectivity index (χ2n) is 6.99. The second kappa shape index (κ2) is 7.64. The van der Waals surface area contributed by atoms with E-state index in [1.54, 1.807) is 11.8 Å². The molecule has 0 spiro atoms. The van der Waals surface area contributed by atoms with Crippen LogP contribution in [0, 0.1) is 0 Å². The van der Waals surface area contributed by atoms with Crippen LogP contribution >= 0.6 is 11.8 Å². The van der Waals surface area contributed by atoms with Crippen LogP contribution in [-0.4, -0.2) is 11.7 Å². The van der Waals surface area contributed by atoms with Crippen molar-refractivity contribution in [2.24, 2.45) is 0 Å². The summed E-state index contributed by atoms with van der Waals surface area (Å²) >= 11 is 1.62. The van der Waals surface area contributed by atoms with Crippen LogP contribution in [0.1, 0.15) is 5.56 Å². The van der Waals surface area contributed by atoms with Gasteiger partial charge in [-0.3, -0.25) is 4.79 Å². The highest BCUT2D eigenvalue weighted by atomic mass is 32.2. The number of thioether (sulfide) groups is 1. The fourth-order valence-electron chi connectivity index (χ4n) is 3.67.